The Morgan fingerprint density at radius 3 is 2.29 bits per heavy atom. The Morgan fingerprint density at radius 2 is 1.57 bits per heavy atom. The van der Waals surface area contributed by atoms with E-state index in [1.165, 1.54) is 0 Å². The van der Waals surface area contributed by atoms with Crippen LogP contribution in [0.15, 0.2) is 53.4 Å². The van der Waals surface area contributed by atoms with E-state index in [1.54, 1.807) is 11.8 Å². The molecule has 0 fully saturated rings. The van der Waals surface area contributed by atoms with Gasteiger partial charge in [-0.3, -0.25) is 4.79 Å². The van der Waals surface area contributed by atoms with Crippen LogP contribution in [-0.2, 0) is 0 Å². The molecule has 1 aliphatic carbocycles. The maximum atomic E-state index is 13.3. The van der Waals surface area contributed by atoms with Gasteiger partial charge in [-0.05, 0) is 24.0 Å². The van der Waals surface area contributed by atoms with Gasteiger partial charge in [0.15, 0.2) is 11.4 Å². The van der Waals surface area contributed by atoms with E-state index in [9.17, 15) is 4.79 Å². The molecule has 4 N–H and O–H groups in total. The Labute approximate surface area is 165 Å². The SMILES string of the molecule is CSc1ccc(-c2c3c(nc4nc(N)nc(N)c24)-c2ccccc2C3=O)cc1. The summed E-state index contributed by atoms with van der Waals surface area (Å²) in [5.41, 5.74) is 16.5. The minimum atomic E-state index is -0.0693. The van der Waals surface area contributed by atoms with Crippen molar-refractivity contribution in [2.45, 2.75) is 4.90 Å². The van der Waals surface area contributed by atoms with E-state index in [0.29, 0.717) is 33.4 Å². The summed E-state index contributed by atoms with van der Waals surface area (Å²) in [6.07, 6.45) is 2.02. The van der Waals surface area contributed by atoms with Crippen molar-refractivity contribution in [1.82, 2.24) is 15.0 Å². The number of pyridine rings is 1. The molecule has 0 aliphatic heterocycles. The average molecular weight is 385 g/mol. The largest absolute Gasteiger partial charge is 0.383 e. The summed E-state index contributed by atoms with van der Waals surface area (Å²) in [5, 5.41) is 0.547. The fraction of sp³-hybridized carbons (Fsp3) is 0.0476. The fourth-order valence-electron chi connectivity index (χ4n) is 3.69. The first kappa shape index (κ1) is 16.7. The summed E-state index contributed by atoms with van der Waals surface area (Å²) < 4.78 is 0. The van der Waals surface area contributed by atoms with Crippen LogP contribution in [0.1, 0.15) is 15.9 Å². The molecule has 0 spiro atoms. The first-order valence-corrected chi connectivity index (χ1v) is 9.86. The maximum absolute atomic E-state index is 13.3. The molecule has 0 radical (unpaired) electrons. The number of fused-ring (bicyclic) bond motifs is 4. The quantitative estimate of drug-likeness (QED) is 0.445. The lowest BCUT2D eigenvalue weighted by molar-refractivity contribution is 0.104. The van der Waals surface area contributed by atoms with Gasteiger partial charge in [0, 0.05) is 21.6 Å². The molecule has 2 aromatic heterocycles. The second-order valence-corrected chi connectivity index (χ2v) is 7.36. The summed E-state index contributed by atoms with van der Waals surface area (Å²) in [4.78, 5) is 27.5. The number of nitrogen functional groups attached to an aromatic ring is 2. The number of nitrogens with zero attached hydrogens (tertiary/aromatic N) is 3. The van der Waals surface area contributed by atoms with Crippen LogP contribution in [0.3, 0.4) is 0 Å². The van der Waals surface area contributed by atoms with Gasteiger partial charge < -0.3 is 11.5 Å². The summed E-state index contributed by atoms with van der Waals surface area (Å²) in [7, 11) is 0. The van der Waals surface area contributed by atoms with Crippen LogP contribution in [0, 0.1) is 0 Å². The zero-order valence-electron chi connectivity index (χ0n) is 14.9. The lowest BCUT2D eigenvalue weighted by Crippen LogP contribution is -2.06. The highest BCUT2D eigenvalue weighted by atomic mass is 32.2. The molecule has 136 valence electrons. The summed E-state index contributed by atoms with van der Waals surface area (Å²) in [6, 6.07) is 15.4. The van der Waals surface area contributed by atoms with Crippen molar-refractivity contribution < 1.29 is 4.79 Å². The Hall–Kier alpha value is -3.45. The number of aromatic nitrogens is 3. The summed E-state index contributed by atoms with van der Waals surface area (Å²) in [5.74, 6) is 0.199. The van der Waals surface area contributed by atoms with E-state index in [1.807, 2.05) is 54.8 Å². The van der Waals surface area contributed by atoms with Gasteiger partial charge in [-0.1, -0.05) is 36.4 Å². The van der Waals surface area contributed by atoms with Crippen molar-refractivity contribution >= 4 is 40.3 Å². The van der Waals surface area contributed by atoms with Crippen molar-refractivity contribution in [2.24, 2.45) is 0 Å². The molecule has 7 heteroatoms. The van der Waals surface area contributed by atoms with Crippen molar-refractivity contribution in [3.05, 3.63) is 59.7 Å². The topological polar surface area (TPSA) is 108 Å². The highest BCUT2D eigenvalue weighted by Crippen LogP contribution is 2.44. The minimum absolute atomic E-state index is 0.0544. The average Bonchev–Trinajstić information content (AvgIpc) is 2.99. The third-order valence-electron chi connectivity index (χ3n) is 4.92. The van der Waals surface area contributed by atoms with Crippen LogP contribution < -0.4 is 11.5 Å². The molecule has 5 rings (SSSR count). The van der Waals surface area contributed by atoms with Crippen LogP contribution in [0.2, 0.25) is 0 Å². The predicted octanol–water partition coefficient (Wildman–Crippen LogP) is 3.79. The zero-order valence-corrected chi connectivity index (χ0v) is 15.7. The Morgan fingerprint density at radius 1 is 0.857 bits per heavy atom. The van der Waals surface area contributed by atoms with Gasteiger partial charge in [-0.25, -0.2) is 4.98 Å². The second kappa shape index (κ2) is 6.03. The van der Waals surface area contributed by atoms with Gasteiger partial charge in [-0.15, -0.1) is 11.8 Å². The first-order chi connectivity index (χ1) is 13.6. The lowest BCUT2D eigenvalue weighted by atomic mass is 9.95. The Kier molecular flexibility index (Phi) is 3.60. The van der Waals surface area contributed by atoms with Crippen LogP contribution in [0.5, 0.6) is 0 Å². The normalized spacial score (nSPS) is 12.2. The number of anilines is 2. The molecule has 0 amide bonds. The van der Waals surface area contributed by atoms with Crippen LogP contribution in [0.4, 0.5) is 11.8 Å². The smallest absolute Gasteiger partial charge is 0.224 e. The molecular weight excluding hydrogens is 370 g/mol. The van der Waals surface area contributed by atoms with Crippen LogP contribution >= 0.6 is 11.8 Å². The molecule has 6 nitrogen and oxygen atoms in total. The van der Waals surface area contributed by atoms with Crippen LogP contribution in [0.25, 0.3) is 33.4 Å². The molecule has 0 bridgehead atoms. The van der Waals surface area contributed by atoms with Crippen LogP contribution in [-0.4, -0.2) is 27.0 Å². The molecule has 0 saturated heterocycles. The van der Waals surface area contributed by atoms with E-state index in [-0.39, 0.29) is 17.5 Å². The molecule has 2 heterocycles. The molecule has 4 aromatic rings. The fourth-order valence-corrected chi connectivity index (χ4v) is 4.10. The summed E-state index contributed by atoms with van der Waals surface area (Å²) >= 11 is 1.65. The Balaban J connectivity index is 1.94. The van der Waals surface area contributed by atoms with E-state index < -0.39 is 0 Å². The van der Waals surface area contributed by atoms with E-state index in [2.05, 4.69) is 15.0 Å². The minimum Gasteiger partial charge on any atom is -0.383 e. The number of rotatable bonds is 2. The Bertz CT molecular complexity index is 1280. The van der Waals surface area contributed by atoms with Gasteiger partial charge in [0.05, 0.1) is 16.6 Å². The van der Waals surface area contributed by atoms with Gasteiger partial charge in [0.25, 0.3) is 0 Å². The van der Waals surface area contributed by atoms with Crippen molar-refractivity contribution in [2.75, 3.05) is 17.7 Å². The number of nitrogens with two attached hydrogens (primary N) is 2. The molecule has 0 atom stereocenters. The molecule has 0 unspecified atom stereocenters. The predicted molar refractivity (Wildman–Crippen MR) is 112 cm³/mol. The zero-order chi connectivity index (χ0) is 19.4. The van der Waals surface area contributed by atoms with Crippen molar-refractivity contribution in [1.29, 1.82) is 0 Å². The van der Waals surface area contributed by atoms with E-state index >= 15 is 0 Å². The molecule has 28 heavy (non-hydrogen) atoms. The monoisotopic (exact) mass is 385 g/mol. The highest BCUT2D eigenvalue weighted by Gasteiger charge is 2.33. The third kappa shape index (κ3) is 2.30. The second-order valence-electron chi connectivity index (χ2n) is 6.48. The van der Waals surface area contributed by atoms with Gasteiger partial charge in [0.1, 0.15) is 5.82 Å². The van der Waals surface area contributed by atoms with Gasteiger partial charge in [-0.2, -0.15) is 9.97 Å². The van der Waals surface area contributed by atoms with Gasteiger partial charge >= 0.3 is 0 Å². The lowest BCUT2D eigenvalue weighted by Gasteiger charge is -2.13. The number of carbonyl (C=O) groups excluding carboxylic acids is 1. The van der Waals surface area contributed by atoms with Crippen molar-refractivity contribution in [3.8, 4) is 22.4 Å². The number of benzene rings is 2. The van der Waals surface area contributed by atoms with E-state index in [0.717, 1.165) is 16.0 Å². The van der Waals surface area contributed by atoms with Crippen molar-refractivity contribution in [3.63, 3.8) is 0 Å². The molecule has 1 aliphatic rings. The number of hydrogen-bond acceptors (Lipinski definition) is 7. The van der Waals surface area contributed by atoms with Gasteiger partial charge in [0.2, 0.25) is 5.95 Å². The molecule has 0 saturated carbocycles. The standard InChI is InChI=1S/C21H15N5OS/c1-28-11-8-6-10(7-9-11)14-15-17(12-4-2-3-5-13(12)18(15)27)24-20-16(14)19(22)25-21(23)26-20/h2-9H,1H3,(H4,22,23,24,25,26). The number of hydrogen-bond donors (Lipinski definition) is 2. The molecular formula is C21H15N5OS. The highest BCUT2D eigenvalue weighted by molar-refractivity contribution is 7.98. The van der Waals surface area contributed by atoms with E-state index in [4.69, 9.17) is 11.5 Å². The maximum Gasteiger partial charge on any atom is 0.224 e. The third-order valence-corrected chi connectivity index (χ3v) is 5.67. The first-order valence-electron chi connectivity index (χ1n) is 8.63. The number of carbonyl (C=O) groups is 1. The number of ketones is 1. The molecule has 2 aromatic carbocycles. The summed E-state index contributed by atoms with van der Waals surface area (Å²) in [6.45, 7) is 0. The number of thioether (sulfide) groups is 1.